The Kier molecular flexibility index (Phi) is 9.05. The van der Waals surface area contributed by atoms with E-state index in [-0.39, 0.29) is 11.5 Å². The fourth-order valence-electron chi connectivity index (χ4n) is 9.80. The molecule has 0 spiro atoms. The highest BCUT2D eigenvalue weighted by molar-refractivity contribution is 5.96. The molecule has 0 N–H and O–H groups in total. The lowest BCUT2D eigenvalue weighted by Gasteiger charge is -2.41. The molecule has 1 heterocycles. The molecule has 0 bridgehead atoms. The lowest BCUT2D eigenvalue weighted by Crippen LogP contribution is -2.43. The Hall–Kier alpha value is -7.68. The lowest BCUT2D eigenvalue weighted by atomic mass is 9.73. The van der Waals surface area contributed by atoms with Crippen molar-refractivity contribution in [2.24, 2.45) is 0 Å². The van der Waals surface area contributed by atoms with Gasteiger partial charge < -0.3 is 9.80 Å². The van der Waals surface area contributed by atoms with E-state index in [0.29, 0.717) is 0 Å². The van der Waals surface area contributed by atoms with E-state index >= 15 is 0 Å². The maximum absolute atomic E-state index is 2.56. The first-order valence-electron chi connectivity index (χ1n) is 21.2. The van der Waals surface area contributed by atoms with Crippen LogP contribution in [-0.4, -0.2) is 5.54 Å². The molecule has 0 amide bonds. The molecule has 9 aromatic rings. The van der Waals surface area contributed by atoms with Crippen LogP contribution in [0.1, 0.15) is 24.0 Å². The highest BCUT2D eigenvalue weighted by Crippen LogP contribution is 2.59. The molecule has 0 saturated heterocycles. The largest absolute Gasteiger partial charge is 0.331 e. The first kappa shape index (κ1) is 36.4. The maximum atomic E-state index is 2.56. The van der Waals surface area contributed by atoms with E-state index in [9.17, 15) is 0 Å². The predicted octanol–water partition coefficient (Wildman–Crippen LogP) is 16.0. The Morgan fingerprint density at radius 2 is 0.984 bits per heavy atom. The van der Waals surface area contributed by atoms with E-state index in [1.807, 2.05) is 0 Å². The Morgan fingerprint density at radius 3 is 1.67 bits per heavy atom. The molecule has 11 rings (SSSR count). The molecule has 2 heteroatoms. The second-order valence-electron chi connectivity index (χ2n) is 16.3. The summed E-state index contributed by atoms with van der Waals surface area (Å²) in [5, 5.41) is 2.52. The third-order valence-corrected chi connectivity index (χ3v) is 12.7. The van der Waals surface area contributed by atoms with E-state index in [0.717, 1.165) is 17.1 Å². The Morgan fingerprint density at radius 1 is 0.443 bits per heavy atom. The van der Waals surface area contributed by atoms with E-state index in [1.54, 1.807) is 0 Å². The van der Waals surface area contributed by atoms with Gasteiger partial charge in [-0.3, -0.25) is 0 Å². The summed E-state index contributed by atoms with van der Waals surface area (Å²) in [5.41, 5.74) is 16.5. The summed E-state index contributed by atoms with van der Waals surface area (Å²) in [6, 6.07) is 81.7. The number of benzene rings is 9. The van der Waals surface area contributed by atoms with Gasteiger partial charge in [0.2, 0.25) is 0 Å². The smallest absolute Gasteiger partial charge is 0.0718 e. The average molecular weight is 781 g/mol. The second kappa shape index (κ2) is 15.2. The molecule has 2 unspecified atom stereocenters. The molecule has 1 aliphatic heterocycles. The van der Waals surface area contributed by atoms with Crippen LogP contribution in [-0.2, 0) is 0 Å². The van der Waals surface area contributed by atoms with Gasteiger partial charge in [0.15, 0.2) is 0 Å². The molecule has 290 valence electrons. The molecule has 0 saturated carbocycles. The molecule has 0 radical (unpaired) electrons. The molecular weight excluding hydrogens is 737 g/mol. The van der Waals surface area contributed by atoms with Crippen LogP contribution in [0.25, 0.3) is 49.7 Å². The molecule has 0 fully saturated rings. The molecular formula is C59H44N2. The number of nitrogens with zero attached hydrogens (tertiary/aromatic N) is 2. The van der Waals surface area contributed by atoms with Gasteiger partial charge in [0, 0.05) is 34.2 Å². The third kappa shape index (κ3) is 6.45. The standard InChI is InChI=1S/C59H44N2/c1-59-38-16-28-54(58(59)55-40-47-21-11-12-22-48(47)41-57(55)61(59)51-24-9-4-10-25-51)49-23-15-26-52(39-49)60(56-29-14-13-27-53(56)46-19-7-3-8-20-46)50-36-34-45(35-37-50)44-32-30-43(31-33-44)42-17-5-2-6-18-42/h2-41,58H,1H3. The van der Waals surface area contributed by atoms with E-state index in [4.69, 9.17) is 0 Å². The van der Waals surface area contributed by atoms with Crippen molar-refractivity contribution in [2.75, 3.05) is 9.80 Å². The van der Waals surface area contributed by atoms with Gasteiger partial charge in [-0.05, 0) is 117 Å². The van der Waals surface area contributed by atoms with Crippen LogP contribution in [0.3, 0.4) is 0 Å². The van der Waals surface area contributed by atoms with Crippen LogP contribution >= 0.6 is 0 Å². The van der Waals surface area contributed by atoms with Gasteiger partial charge in [0.25, 0.3) is 0 Å². The molecule has 2 nitrogen and oxygen atoms in total. The van der Waals surface area contributed by atoms with Crippen molar-refractivity contribution in [1.29, 1.82) is 0 Å². The molecule has 2 atom stereocenters. The SMILES string of the molecule is CC12C=CC=C(c3cccc(N(c4ccc(-c5ccc(-c6ccccc6)cc5)cc4)c4ccccc4-c4ccccc4)c3)C1c1cc3ccccc3cc1N2c1ccccc1. The van der Waals surface area contributed by atoms with Crippen LogP contribution in [0.15, 0.2) is 243 Å². The van der Waals surface area contributed by atoms with Crippen molar-refractivity contribution in [3.63, 3.8) is 0 Å². The van der Waals surface area contributed by atoms with Gasteiger partial charge in [-0.25, -0.2) is 0 Å². The fraction of sp³-hybridized carbons (Fsp3) is 0.0508. The first-order chi connectivity index (χ1) is 30.1. The summed E-state index contributed by atoms with van der Waals surface area (Å²) in [7, 11) is 0. The van der Waals surface area contributed by atoms with Crippen molar-refractivity contribution in [3.8, 4) is 33.4 Å². The van der Waals surface area contributed by atoms with Gasteiger partial charge in [-0.15, -0.1) is 0 Å². The van der Waals surface area contributed by atoms with Gasteiger partial charge in [0.1, 0.15) is 0 Å². The number of fused-ring (bicyclic) bond motifs is 4. The number of para-hydroxylation sites is 2. The summed E-state index contributed by atoms with van der Waals surface area (Å²) in [6.45, 7) is 2.40. The van der Waals surface area contributed by atoms with Crippen molar-refractivity contribution < 1.29 is 0 Å². The topological polar surface area (TPSA) is 6.48 Å². The van der Waals surface area contributed by atoms with Gasteiger partial charge in [0.05, 0.1) is 11.2 Å². The maximum Gasteiger partial charge on any atom is 0.0718 e. The Bertz CT molecular complexity index is 3080. The Balaban J connectivity index is 1.03. The highest BCUT2D eigenvalue weighted by atomic mass is 15.2. The van der Waals surface area contributed by atoms with Crippen LogP contribution in [0.4, 0.5) is 28.4 Å². The normalized spacial score (nSPS) is 16.5. The first-order valence-corrected chi connectivity index (χ1v) is 21.2. The van der Waals surface area contributed by atoms with E-state index < -0.39 is 0 Å². The number of allylic oxidation sites excluding steroid dienone is 2. The molecule has 0 aromatic heterocycles. The minimum atomic E-state index is -0.324. The van der Waals surface area contributed by atoms with Crippen LogP contribution in [0, 0.1) is 0 Å². The van der Waals surface area contributed by atoms with Crippen molar-refractivity contribution in [2.45, 2.75) is 18.4 Å². The Labute approximate surface area is 358 Å². The van der Waals surface area contributed by atoms with Crippen molar-refractivity contribution in [1.82, 2.24) is 0 Å². The molecule has 61 heavy (non-hydrogen) atoms. The molecule has 1 aliphatic carbocycles. The summed E-state index contributed by atoms with van der Waals surface area (Å²) in [4.78, 5) is 4.99. The van der Waals surface area contributed by atoms with Crippen LogP contribution < -0.4 is 9.80 Å². The van der Waals surface area contributed by atoms with Crippen LogP contribution in [0.5, 0.6) is 0 Å². The van der Waals surface area contributed by atoms with Gasteiger partial charge in [-0.2, -0.15) is 0 Å². The zero-order chi connectivity index (χ0) is 40.8. The van der Waals surface area contributed by atoms with Crippen molar-refractivity contribution >= 4 is 44.8 Å². The lowest BCUT2D eigenvalue weighted by molar-refractivity contribution is 0.552. The second-order valence-corrected chi connectivity index (χ2v) is 16.3. The van der Waals surface area contributed by atoms with Crippen LogP contribution in [0.2, 0.25) is 0 Å². The van der Waals surface area contributed by atoms with E-state index in [2.05, 4.69) is 259 Å². The quantitative estimate of drug-likeness (QED) is 0.152. The zero-order valence-electron chi connectivity index (χ0n) is 34.1. The zero-order valence-corrected chi connectivity index (χ0v) is 34.1. The number of anilines is 5. The van der Waals surface area contributed by atoms with Gasteiger partial charge in [-0.1, -0.05) is 188 Å². The summed E-state index contributed by atoms with van der Waals surface area (Å²) >= 11 is 0. The summed E-state index contributed by atoms with van der Waals surface area (Å²) in [5.74, 6) is 0.102. The molecule has 2 aliphatic rings. The summed E-state index contributed by atoms with van der Waals surface area (Å²) in [6.07, 6.45) is 7.02. The predicted molar refractivity (Wildman–Crippen MR) is 258 cm³/mol. The number of rotatable bonds is 8. The number of hydrogen-bond donors (Lipinski definition) is 0. The number of hydrogen-bond acceptors (Lipinski definition) is 2. The fourth-order valence-corrected chi connectivity index (χ4v) is 9.80. The summed E-state index contributed by atoms with van der Waals surface area (Å²) < 4.78 is 0. The minimum Gasteiger partial charge on any atom is -0.331 e. The molecule has 9 aromatic carbocycles. The third-order valence-electron chi connectivity index (χ3n) is 12.7. The van der Waals surface area contributed by atoms with Gasteiger partial charge >= 0.3 is 0 Å². The van der Waals surface area contributed by atoms with Crippen molar-refractivity contribution in [3.05, 3.63) is 254 Å². The average Bonchev–Trinajstić information content (AvgIpc) is 3.59. The van der Waals surface area contributed by atoms with E-state index in [1.165, 1.54) is 72.2 Å². The highest BCUT2D eigenvalue weighted by Gasteiger charge is 2.50. The minimum absolute atomic E-state index is 0.102. The monoisotopic (exact) mass is 780 g/mol.